The Morgan fingerprint density at radius 2 is 0.969 bits per heavy atom. The predicted molar refractivity (Wildman–Crippen MR) is 134 cm³/mol. The van der Waals surface area contributed by atoms with Crippen molar-refractivity contribution in [2.45, 2.75) is 25.4 Å². The van der Waals surface area contributed by atoms with Crippen LogP contribution in [0.2, 0.25) is 0 Å². The molecule has 0 spiro atoms. The first-order valence-corrected chi connectivity index (χ1v) is 12.8. The van der Waals surface area contributed by atoms with Crippen LogP contribution in [0.4, 0.5) is 0 Å². The van der Waals surface area contributed by atoms with Crippen LogP contribution < -0.4 is 28.3 Å². The van der Waals surface area contributed by atoms with Crippen LogP contribution in [0.5, 0.6) is 0 Å². The third-order valence-corrected chi connectivity index (χ3v) is 10.2. The van der Waals surface area contributed by atoms with Crippen LogP contribution in [0.3, 0.4) is 0 Å². The van der Waals surface area contributed by atoms with Crippen molar-refractivity contribution in [2.24, 2.45) is 0 Å². The Morgan fingerprint density at radius 1 is 0.562 bits per heavy atom. The van der Waals surface area contributed by atoms with Crippen molar-refractivity contribution < 1.29 is 12.4 Å². The molecule has 4 aromatic carbocycles. The summed E-state index contributed by atoms with van der Waals surface area (Å²) in [4.78, 5) is 0. The highest BCUT2D eigenvalue weighted by molar-refractivity contribution is 7.95. The van der Waals surface area contributed by atoms with Crippen LogP contribution in [0.15, 0.2) is 115 Å². The Bertz CT molecular complexity index is 1020. The summed E-state index contributed by atoms with van der Waals surface area (Å²) in [6.07, 6.45) is 3.49. The zero-order valence-corrected chi connectivity index (χ0v) is 19.7. The van der Waals surface area contributed by atoms with Gasteiger partial charge in [-0.25, -0.2) is 0 Å². The van der Waals surface area contributed by atoms with Crippen LogP contribution in [-0.2, 0) is 12.6 Å². The van der Waals surface area contributed by atoms with E-state index in [1.54, 1.807) is 0 Å². The molecule has 3 heteroatoms. The number of benzene rings is 4. The molecule has 0 saturated heterocycles. The fourth-order valence-electron chi connectivity index (χ4n) is 4.23. The lowest BCUT2D eigenvalue weighted by atomic mass is 10.1. The monoisotopic (exact) mass is 455 g/mol. The van der Waals surface area contributed by atoms with Crippen molar-refractivity contribution in [3.63, 3.8) is 0 Å². The molecule has 0 radical (unpaired) electrons. The van der Waals surface area contributed by atoms with Crippen LogP contribution in [0.25, 0.3) is 0 Å². The fourth-order valence-corrected chi connectivity index (χ4v) is 8.47. The minimum Gasteiger partial charge on any atom is -1.00 e. The second-order valence-corrected chi connectivity index (χ2v) is 11.3. The molecule has 0 N–H and O–H groups in total. The smallest absolute Gasteiger partial charge is 0.116 e. The van der Waals surface area contributed by atoms with Crippen LogP contribution in [-0.4, -0.2) is 0 Å². The van der Waals surface area contributed by atoms with Gasteiger partial charge in [0.25, 0.3) is 0 Å². The average Bonchev–Trinajstić information content (AvgIpc) is 2.85. The number of nitriles is 1. The summed E-state index contributed by atoms with van der Waals surface area (Å²) >= 11 is 0. The number of halogens is 1. The lowest BCUT2D eigenvalue weighted by Gasteiger charge is -2.28. The quantitative estimate of drug-likeness (QED) is 0.296. The topological polar surface area (TPSA) is 23.8 Å². The lowest BCUT2D eigenvalue weighted by Crippen LogP contribution is -3.00. The number of nitrogens with zero attached hydrogens (tertiary/aromatic N) is 1. The van der Waals surface area contributed by atoms with Gasteiger partial charge in [-0.15, -0.1) is 0 Å². The zero-order valence-electron chi connectivity index (χ0n) is 18.1. The molecule has 0 fully saturated rings. The van der Waals surface area contributed by atoms with Gasteiger partial charge in [0.15, 0.2) is 0 Å². The molecule has 0 saturated carbocycles. The molecule has 0 atom stereocenters. The third kappa shape index (κ3) is 5.28. The molecule has 0 aliphatic rings. The SMILES string of the molecule is N#CCCCc1ccc(C[P+](c2ccccc2)(c2ccccc2)c2ccccc2)cc1.[Cl-]. The Morgan fingerprint density at radius 3 is 1.38 bits per heavy atom. The number of aryl methyl sites for hydroxylation is 1. The molecule has 0 bridgehead atoms. The standard InChI is InChI=1S/C29H27NP.ClH/c30-23-11-10-12-25-19-21-26(22-20-25)24-31(27-13-4-1-5-14-27,28-15-6-2-7-16-28)29-17-8-3-9-18-29;/h1-9,13-22H,10-12,24H2;1H/q+1;/p-1. The predicted octanol–water partition coefficient (Wildman–Crippen LogP) is 3.03. The summed E-state index contributed by atoms with van der Waals surface area (Å²) in [5.74, 6) is 0. The number of unbranched alkanes of at least 4 members (excludes halogenated alkanes) is 1. The molecule has 0 aromatic heterocycles. The van der Waals surface area contributed by atoms with E-state index in [-0.39, 0.29) is 12.4 Å². The first kappa shape index (κ1) is 23.7. The van der Waals surface area contributed by atoms with Crippen molar-refractivity contribution in [1.29, 1.82) is 5.26 Å². The summed E-state index contributed by atoms with van der Waals surface area (Å²) < 4.78 is 0. The highest BCUT2D eigenvalue weighted by Gasteiger charge is 2.45. The van der Waals surface area contributed by atoms with Gasteiger partial charge >= 0.3 is 0 Å². The lowest BCUT2D eigenvalue weighted by molar-refractivity contribution is -0.00000635. The Kier molecular flexibility index (Phi) is 8.64. The maximum atomic E-state index is 8.79. The molecule has 4 aromatic rings. The molecular formula is C29H27ClNP. The largest absolute Gasteiger partial charge is 1.00 e. The zero-order chi connectivity index (χ0) is 21.4. The summed E-state index contributed by atoms with van der Waals surface area (Å²) in [5.41, 5.74) is 2.66. The van der Waals surface area contributed by atoms with Gasteiger partial charge in [0.05, 0.1) is 12.2 Å². The molecule has 0 heterocycles. The van der Waals surface area contributed by atoms with E-state index in [0.717, 1.165) is 19.0 Å². The van der Waals surface area contributed by atoms with E-state index in [1.807, 2.05) is 0 Å². The van der Waals surface area contributed by atoms with Crippen molar-refractivity contribution in [3.8, 4) is 6.07 Å². The number of hydrogen-bond donors (Lipinski definition) is 0. The summed E-state index contributed by atoms with van der Waals surface area (Å²) in [7, 11) is -1.86. The maximum absolute atomic E-state index is 8.79. The molecular weight excluding hydrogens is 429 g/mol. The maximum Gasteiger partial charge on any atom is 0.116 e. The molecule has 1 nitrogen and oxygen atoms in total. The van der Waals surface area contributed by atoms with E-state index in [9.17, 15) is 0 Å². The average molecular weight is 456 g/mol. The third-order valence-electron chi connectivity index (χ3n) is 5.79. The Balaban J connectivity index is 0.00000289. The van der Waals surface area contributed by atoms with E-state index < -0.39 is 7.26 Å². The van der Waals surface area contributed by atoms with Crippen molar-refractivity contribution in [2.75, 3.05) is 0 Å². The molecule has 0 aliphatic carbocycles. The van der Waals surface area contributed by atoms with Crippen molar-refractivity contribution in [1.82, 2.24) is 0 Å². The summed E-state index contributed by atoms with van der Waals surface area (Å²) in [6.45, 7) is 0. The van der Waals surface area contributed by atoms with Gasteiger partial charge in [-0.2, -0.15) is 5.26 Å². The van der Waals surface area contributed by atoms with Gasteiger partial charge in [-0.05, 0) is 60.4 Å². The second kappa shape index (κ2) is 11.6. The van der Waals surface area contributed by atoms with Gasteiger partial charge in [-0.1, -0.05) is 78.9 Å². The highest BCUT2D eigenvalue weighted by atomic mass is 35.5. The highest BCUT2D eigenvalue weighted by Crippen LogP contribution is 2.58. The number of hydrogen-bond acceptors (Lipinski definition) is 1. The van der Waals surface area contributed by atoms with Gasteiger partial charge in [-0.3, -0.25) is 0 Å². The minimum atomic E-state index is -1.86. The van der Waals surface area contributed by atoms with Gasteiger partial charge in [0.2, 0.25) is 0 Å². The van der Waals surface area contributed by atoms with Gasteiger partial charge in [0, 0.05) is 6.42 Å². The first-order valence-electron chi connectivity index (χ1n) is 10.8. The Hall–Kier alpha value is -2.91. The van der Waals surface area contributed by atoms with E-state index in [4.69, 9.17) is 5.26 Å². The van der Waals surface area contributed by atoms with E-state index in [1.165, 1.54) is 27.0 Å². The minimum absolute atomic E-state index is 0. The van der Waals surface area contributed by atoms with Gasteiger partial charge in [0.1, 0.15) is 23.2 Å². The van der Waals surface area contributed by atoms with Crippen LogP contribution in [0, 0.1) is 11.3 Å². The van der Waals surface area contributed by atoms with Crippen molar-refractivity contribution in [3.05, 3.63) is 126 Å². The van der Waals surface area contributed by atoms with E-state index in [0.29, 0.717) is 6.42 Å². The molecule has 0 unspecified atom stereocenters. The molecule has 160 valence electrons. The molecule has 32 heavy (non-hydrogen) atoms. The Labute approximate surface area is 198 Å². The number of rotatable bonds is 8. The van der Waals surface area contributed by atoms with Crippen molar-refractivity contribution >= 4 is 23.2 Å². The molecule has 4 rings (SSSR count). The second-order valence-electron chi connectivity index (χ2n) is 7.80. The first-order chi connectivity index (χ1) is 15.3. The van der Waals surface area contributed by atoms with Gasteiger partial charge < -0.3 is 12.4 Å². The molecule has 0 aliphatic heterocycles. The van der Waals surface area contributed by atoms with Crippen LogP contribution >= 0.6 is 7.26 Å². The molecule has 0 amide bonds. The normalized spacial score (nSPS) is 10.7. The summed E-state index contributed by atoms with van der Waals surface area (Å²) in [5, 5.41) is 13.0. The van der Waals surface area contributed by atoms with E-state index >= 15 is 0 Å². The summed E-state index contributed by atoms with van der Waals surface area (Å²) in [6, 6.07) is 44.3. The fraction of sp³-hybridized carbons (Fsp3) is 0.138. The van der Waals surface area contributed by atoms with Crippen LogP contribution in [0.1, 0.15) is 24.0 Å². The van der Waals surface area contributed by atoms with E-state index in [2.05, 4.69) is 121 Å².